The second-order valence-corrected chi connectivity index (χ2v) is 10.9. The fourth-order valence-electron chi connectivity index (χ4n) is 3.51. The SMILES string of the molecule is CCOc1cc(C=C2C(=N)N3C(=NC2=O)SN=C3S(=O)(=O)CC)ccc1OCCOc1cccc(C)c1. The van der Waals surface area contributed by atoms with Crippen molar-refractivity contribution in [1.29, 1.82) is 5.41 Å². The highest BCUT2D eigenvalue weighted by Gasteiger charge is 2.42. The molecule has 0 bridgehead atoms. The quantitative estimate of drug-likeness (QED) is 0.287. The molecule has 0 saturated heterocycles. The predicted octanol–water partition coefficient (Wildman–Crippen LogP) is 3.86. The topological polar surface area (TPSA) is 131 Å². The van der Waals surface area contributed by atoms with Crippen LogP contribution in [-0.2, 0) is 14.6 Å². The number of ether oxygens (including phenoxy) is 3. The minimum Gasteiger partial charge on any atom is -0.490 e. The van der Waals surface area contributed by atoms with Crippen molar-refractivity contribution in [2.75, 3.05) is 25.6 Å². The number of hydrogen-bond donors (Lipinski definition) is 1. The first kappa shape index (κ1) is 26.4. The van der Waals surface area contributed by atoms with Crippen LogP contribution in [0.5, 0.6) is 17.2 Å². The van der Waals surface area contributed by atoms with Gasteiger partial charge < -0.3 is 14.2 Å². The number of rotatable bonds is 9. The predicted molar refractivity (Wildman–Crippen MR) is 144 cm³/mol. The number of carbonyl (C=O) groups excluding carboxylic acids is 1. The van der Waals surface area contributed by atoms with Crippen LogP contribution in [0.15, 0.2) is 57.4 Å². The molecular formula is C25H26N4O6S2. The van der Waals surface area contributed by atoms with Crippen LogP contribution in [-0.4, -0.2) is 61.0 Å². The van der Waals surface area contributed by atoms with Gasteiger partial charge in [0, 0.05) is 0 Å². The monoisotopic (exact) mass is 542 g/mol. The summed E-state index contributed by atoms with van der Waals surface area (Å²) in [5.74, 6) is 0.576. The fraction of sp³-hybridized carbons (Fsp3) is 0.280. The van der Waals surface area contributed by atoms with Crippen molar-refractivity contribution >= 4 is 49.9 Å². The van der Waals surface area contributed by atoms with Crippen LogP contribution in [0.2, 0.25) is 0 Å². The maximum Gasteiger partial charge on any atom is 0.283 e. The van der Waals surface area contributed by atoms with E-state index in [1.54, 1.807) is 18.2 Å². The largest absolute Gasteiger partial charge is 0.490 e. The summed E-state index contributed by atoms with van der Waals surface area (Å²) in [6.07, 6.45) is 1.47. The first-order chi connectivity index (χ1) is 17.7. The third-order valence-electron chi connectivity index (χ3n) is 5.33. The zero-order chi connectivity index (χ0) is 26.6. The summed E-state index contributed by atoms with van der Waals surface area (Å²) in [5, 5.41) is 8.29. The molecule has 2 aliphatic heterocycles. The number of sulfone groups is 1. The maximum absolute atomic E-state index is 12.7. The van der Waals surface area contributed by atoms with Gasteiger partial charge in [-0.25, -0.2) is 13.3 Å². The summed E-state index contributed by atoms with van der Waals surface area (Å²) >= 11 is 0.761. The molecular weight excluding hydrogens is 516 g/mol. The average Bonchev–Trinajstić information content (AvgIpc) is 3.30. The Bertz CT molecular complexity index is 1430. The molecule has 2 aromatic carbocycles. The Balaban J connectivity index is 1.51. The Morgan fingerprint density at radius 2 is 1.84 bits per heavy atom. The summed E-state index contributed by atoms with van der Waals surface area (Å²) in [6, 6.07) is 12.8. The van der Waals surface area contributed by atoms with Gasteiger partial charge in [0.15, 0.2) is 11.5 Å². The average molecular weight is 543 g/mol. The Labute approximate surface area is 219 Å². The van der Waals surface area contributed by atoms with E-state index in [0.717, 1.165) is 28.2 Å². The number of nitrogens with zero attached hydrogens (tertiary/aromatic N) is 3. The van der Waals surface area contributed by atoms with E-state index in [0.29, 0.717) is 30.3 Å². The fourth-order valence-corrected chi connectivity index (χ4v) is 5.48. The van der Waals surface area contributed by atoms with Gasteiger partial charge >= 0.3 is 0 Å². The molecule has 0 radical (unpaired) electrons. The van der Waals surface area contributed by atoms with Gasteiger partial charge in [0.2, 0.25) is 20.2 Å². The third kappa shape index (κ3) is 5.86. The van der Waals surface area contributed by atoms with Crippen LogP contribution < -0.4 is 14.2 Å². The Kier molecular flexibility index (Phi) is 7.98. The van der Waals surface area contributed by atoms with E-state index in [2.05, 4.69) is 9.39 Å². The number of benzene rings is 2. The van der Waals surface area contributed by atoms with Crippen molar-refractivity contribution in [3.63, 3.8) is 0 Å². The van der Waals surface area contributed by atoms with E-state index in [-0.39, 0.29) is 34.1 Å². The lowest BCUT2D eigenvalue weighted by atomic mass is 10.1. The first-order valence-corrected chi connectivity index (χ1v) is 14.0. The van der Waals surface area contributed by atoms with Gasteiger partial charge in [-0.1, -0.05) is 25.1 Å². The molecule has 0 spiro atoms. The van der Waals surface area contributed by atoms with E-state index < -0.39 is 15.7 Å². The maximum atomic E-state index is 12.7. The molecule has 0 atom stereocenters. The van der Waals surface area contributed by atoms with Crippen LogP contribution in [0.3, 0.4) is 0 Å². The highest BCUT2D eigenvalue weighted by atomic mass is 32.2. The lowest BCUT2D eigenvalue weighted by molar-refractivity contribution is -0.114. The summed E-state index contributed by atoms with van der Waals surface area (Å²) in [4.78, 5) is 17.7. The third-order valence-corrected chi connectivity index (χ3v) is 7.74. The molecule has 2 aromatic rings. The van der Waals surface area contributed by atoms with E-state index >= 15 is 0 Å². The molecule has 0 saturated carbocycles. The lowest BCUT2D eigenvalue weighted by Gasteiger charge is -2.24. The van der Waals surface area contributed by atoms with Crippen molar-refractivity contribution in [3.05, 3.63) is 59.2 Å². The second kappa shape index (κ2) is 11.2. The Morgan fingerprint density at radius 1 is 1.05 bits per heavy atom. The van der Waals surface area contributed by atoms with Crippen LogP contribution in [0, 0.1) is 12.3 Å². The number of hydrogen-bond acceptors (Lipinski definition) is 9. The summed E-state index contributed by atoms with van der Waals surface area (Å²) in [6.45, 7) is 6.33. The summed E-state index contributed by atoms with van der Waals surface area (Å²) in [7, 11) is -3.72. The highest BCUT2D eigenvalue weighted by Crippen LogP contribution is 2.32. The second-order valence-electron chi connectivity index (χ2n) is 7.96. The summed E-state index contributed by atoms with van der Waals surface area (Å²) < 4.78 is 46.1. The molecule has 0 aromatic heterocycles. The molecule has 4 rings (SSSR count). The molecule has 1 N–H and O–H groups in total. The van der Waals surface area contributed by atoms with Gasteiger partial charge in [-0.2, -0.15) is 9.39 Å². The van der Waals surface area contributed by atoms with Gasteiger partial charge in [0.1, 0.15) is 24.8 Å². The molecule has 10 nitrogen and oxygen atoms in total. The van der Waals surface area contributed by atoms with E-state index in [4.69, 9.17) is 19.6 Å². The number of nitrogens with one attached hydrogen (secondary N) is 1. The van der Waals surface area contributed by atoms with Crippen LogP contribution >= 0.6 is 11.9 Å². The van der Waals surface area contributed by atoms with Crippen molar-refractivity contribution in [2.24, 2.45) is 9.39 Å². The van der Waals surface area contributed by atoms with E-state index in [1.165, 1.54) is 13.0 Å². The minimum absolute atomic E-state index is 0.0470. The van der Waals surface area contributed by atoms with Crippen LogP contribution in [0.4, 0.5) is 0 Å². The molecule has 2 aliphatic rings. The molecule has 194 valence electrons. The van der Waals surface area contributed by atoms with E-state index in [1.807, 2.05) is 38.1 Å². The van der Waals surface area contributed by atoms with Crippen LogP contribution in [0.1, 0.15) is 25.0 Å². The molecule has 37 heavy (non-hydrogen) atoms. The highest BCUT2D eigenvalue weighted by molar-refractivity contribution is 8.16. The van der Waals surface area contributed by atoms with Crippen molar-refractivity contribution in [1.82, 2.24) is 4.90 Å². The number of amides is 1. The van der Waals surface area contributed by atoms with Crippen molar-refractivity contribution in [3.8, 4) is 17.2 Å². The van der Waals surface area contributed by atoms with Gasteiger partial charge in [-0.15, -0.1) is 0 Å². The first-order valence-electron chi connectivity index (χ1n) is 11.5. The molecule has 12 heteroatoms. The number of fused-ring (bicyclic) bond motifs is 1. The van der Waals surface area contributed by atoms with Crippen molar-refractivity contribution in [2.45, 2.75) is 20.8 Å². The zero-order valence-electron chi connectivity index (χ0n) is 20.6. The van der Waals surface area contributed by atoms with E-state index in [9.17, 15) is 13.2 Å². The van der Waals surface area contributed by atoms with Crippen molar-refractivity contribution < 1.29 is 27.4 Å². The van der Waals surface area contributed by atoms with Gasteiger partial charge in [-0.3, -0.25) is 10.2 Å². The summed E-state index contributed by atoms with van der Waals surface area (Å²) in [5.41, 5.74) is 1.60. The number of carbonyl (C=O) groups is 1. The van der Waals surface area contributed by atoms with Gasteiger partial charge in [0.25, 0.3) is 5.91 Å². The normalized spacial score (nSPS) is 16.4. The minimum atomic E-state index is -3.72. The van der Waals surface area contributed by atoms with Gasteiger partial charge in [0.05, 0.1) is 29.9 Å². The standard InChI is InChI=1S/C25H26N4O6S2/c1-4-33-21-15-17(9-10-20(21)35-12-11-34-18-8-6-7-16(3)13-18)14-19-22(26)29-24(27-23(19)30)36-28-25(29)37(31,32)5-2/h6-10,13-15,26H,4-5,11-12H2,1-3H3. The smallest absolute Gasteiger partial charge is 0.283 e. The number of aryl methyl sites for hydroxylation is 1. The van der Waals surface area contributed by atoms with Crippen LogP contribution in [0.25, 0.3) is 6.08 Å². The number of aliphatic imine (C=N–C) groups is 1. The molecule has 0 fully saturated rings. The van der Waals surface area contributed by atoms with Gasteiger partial charge in [-0.05, 0) is 55.3 Å². The Hall–Kier alpha value is -3.64. The zero-order valence-corrected chi connectivity index (χ0v) is 22.2. The molecule has 2 heterocycles. The lowest BCUT2D eigenvalue weighted by Crippen LogP contribution is -2.45. The molecule has 1 amide bonds. The molecule has 0 unspecified atom stereocenters. The molecule has 0 aliphatic carbocycles. The Morgan fingerprint density at radius 3 is 2.57 bits per heavy atom. The number of amidine groups is 3.